The SMILES string of the molecule is c1ccc(-n2c3ccccc3c3cc(N(c4ccc(C(c5ccccc5)(c5ccccc5)c5ccccc5)cc4)c4ccccc4-c4ccc5ccccc5c4)ccc32)cc1. The van der Waals surface area contributed by atoms with Gasteiger partial charge in [-0.1, -0.05) is 194 Å². The van der Waals surface area contributed by atoms with E-state index >= 15 is 0 Å². The quantitative estimate of drug-likeness (QED) is 0.133. The van der Waals surface area contributed by atoms with Crippen LogP contribution in [0.3, 0.4) is 0 Å². The van der Waals surface area contributed by atoms with Crippen molar-refractivity contribution in [2.45, 2.75) is 5.41 Å². The molecular weight excluding hydrogens is 737 g/mol. The first-order valence-corrected chi connectivity index (χ1v) is 21.0. The van der Waals surface area contributed by atoms with Crippen molar-refractivity contribution in [3.63, 3.8) is 0 Å². The predicted molar refractivity (Wildman–Crippen MR) is 257 cm³/mol. The Morgan fingerprint density at radius 3 is 1.51 bits per heavy atom. The monoisotopic (exact) mass is 778 g/mol. The van der Waals surface area contributed by atoms with Gasteiger partial charge in [0.1, 0.15) is 0 Å². The zero-order valence-corrected chi connectivity index (χ0v) is 33.6. The summed E-state index contributed by atoms with van der Waals surface area (Å²) in [5, 5.41) is 4.88. The summed E-state index contributed by atoms with van der Waals surface area (Å²) in [6.07, 6.45) is 0. The first-order valence-electron chi connectivity index (χ1n) is 21.0. The van der Waals surface area contributed by atoms with Gasteiger partial charge in [-0.15, -0.1) is 0 Å². The molecule has 0 amide bonds. The number of nitrogens with zero attached hydrogens (tertiary/aromatic N) is 2. The van der Waals surface area contributed by atoms with E-state index in [1.807, 2.05) is 0 Å². The molecule has 0 radical (unpaired) electrons. The minimum atomic E-state index is -0.547. The number of hydrogen-bond acceptors (Lipinski definition) is 1. The zero-order chi connectivity index (χ0) is 40.6. The minimum Gasteiger partial charge on any atom is -0.310 e. The van der Waals surface area contributed by atoms with Crippen LogP contribution in [0.1, 0.15) is 22.3 Å². The van der Waals surface area contributed by atoms with Crippen molar-refractivity contribution < 1.29 is 0 Å². The van der Waals surface area contributed by atoms with Crippen LogP contribution in [0, 0.1) is 0 Å². The molecule has 61 heavy (non-hydrogen) atoms. The molecule has 0 aliphatic rings. The maximum Gasteiger partial charge on any atom is 0.0701 e. The van der Waals surface area contributed by atoms with E-state index in [-0.39, 0.29) is 0 Å². The smallest absolute Gasteiger partial charge is 0.0701 e. The molecule has 2 heteroatoms. The molecule has 11 aromatic rings. The molecule has 10 aromatic carbocycles. The van der Waals surface area contributed by atoms with Gasteiger partial charge in [0.05, 0.1) is 22.1 Å². The molecule has 1 heterocycles. The summed E-state index contributed by atoms with van der Waals surface area (Å²) in [5.74, 6) is 0. The highest BCUT2D eigenvalue weighted by molar-refractivity contribution is 6.11. The lowest BCUT2D eigenvalue weighted by Gasteiger charge is -2.37. The Kier molecular flexibility index (Phi) is 9.09. The highest BCUT2D eigenvalue weighted by Crippen LogP contribution is 2.48. The van der Waals surface area contributed by atoms with Crippen LogP contribution in [0.15, 0.2) is 255 Å². The van der Waals surface area contributed by atoms with Gasteiger partial charge in [-0.25, -0.2) is 0 Å². The fourth-order valence-electron chi connectivity index (χ4n) is 9.58. The Bertz CT molecular complexity index is 3180. The highest BCUT2D eigenvalue weighted by atomic mass is 15.1. The molecule has 0 spiro atoms. The summed E-state index contributed by atoms with van der Waals surface area (Å²) in [6, 6.07) is 92.8. The van der Waals surface area contributed by atoms with Crippen LogP contribution in [0.25, 0.3) is 49.4 Å². The van der Waals surface area contributed by atoms with Gasteiger partial charge >= 0.3 is 0 Å². The third-order valence-corrected chi connectivity index (χ3v) is 12.3. The topological polar surface area (TPSA) is 8.17 Å². The molecule has 1 aromatic heterocycles. The Labute approximate surface area is 356 Å². The Hall–Kier alpha value is -7.94. The lowest BCUT2D eigenvalue weighted by molar-refractivity contribution is 0.745. The van der Waals surface area contributed by atoms with Crippen LogP contribution >= 0.6 is 0 Å². The minimum absolute atomic E-state index is 0.547. The second-order valence-electron chi connectivity index (χ2n) is 15.7. The molecule has 0 unspecified atom stereocenters. The van der Waals surface area contributed by atoms with Crippen molar-refractivity contribution in [2.75, 3.05) is 4.90 Å². The molecule has 288 valence electrons. The second-order valence-corrected chi connectivity index (χ2v) is 15.7. The van der Waals surface area contributed by atoms with Crippen molar-refractivity contribution in [1.82, 2.24) is 4.57 Å². The standard InChI is InChI=1S/C59H42N2/c1-5-21-46(22-6-1)59(47-23-7-2-8-24-47,48-25-9-3-10-26-48)49-35-37-51(38-36-49)60(56-31-17-15-29-53(56)45-34-33-43-19-13-14-20-44(43)41-45)52-39-40-58-55(42-52)54-30-16-18-32-57(54)61(58)50-27-11-4-12-28-50/h1-42H. The summed E-state index contributed by atoms with van der Waals surface area (Å²) in [7, 11) is 0. The van der Waals surface area contributed by atoms with Gasteiger partial charge in [0, 0.05) is 33.4 Å². The van der Waals surface area contributed by atoms with Crippen LogP contribution in [0.2, 0.25) is 0 Å². The number of para-hydroxylation sites is 3. The van der Waals surface area contributed by atoms with Gasteiger partial charge in [0.2, 0.25) is 0 Å². The van der Waals surface area contributed by atoms with Crippen molar-refractivity contribution >= 4 is 49.6 Å². The van der Waals surface area contributed by atoms with Crippen molar-refractivity contribution in [3.8, 4) is 16.8 Å². The number of benzene rings is 10. The number of rotatable bonds is 9. The lowest BCUT2D eigenvalue weighted by atomic mass is 9.65. The molecule has 2 nitrogen and oxygen atoms in total. The summed E-state index contributed by atoms with van der Waals surface area (Å²) in [6.45, 7) is 0. The van der Waals surface area contributed by atoms with Gasteiger partial charge in [-0.05, 0) is 99.3 Å². The summed E-state index contributed by atoms with van der Waals surface area (Å²) in [4.78, 5) is 2.44. The van der Waals surface area contributed by atoms with Gasteiger partial charge in [-0.2, -0.15) is 0 Å². The molecule has 0 bridgehead atoms. The first kappa shape index (κ1) is 36.2. The number of fused-ring (bicyclic) bond motifs is 4. The van der Waals surface area contributed by atoms with Gasteiger partial charge < -0.3 is 9.47 Å². The fraction of sp³-hybridized carbons (Fsp3) is 0.0169. The normalized spacial score (nSPS) is 11.6. The second kappa shape index (κ2) is 15.3. The van der Waals surface area contributed by atoms with E-state index in [0.29, 0.717) is 0 Å². The molecule has 0 saturated heterocycles. The summed E-state index contributed by atoms with van der Waals surface area (Å²) >= 11 is 0. The Morgan fingerprint density at radius 2 is 0.836 bits per heavy atom. The van der Waals surface area contributed by atoms with E-state index in [4.69, 9.17) is 0 Å². The molecule has 0 saturated carbocycles. The molecular formula is C59H42N2. The third kappa shape index (κ3) is 6.20. The van der Waals surface area contributed by atoms with E-state index in [1.165, 1.54) is 60.4 Å². The summed E-state index contributed by atoms with van der Waals surface area (Å²) in [5.41, 5.74) is 13.4. The van der Waals surface area contributed by atoms with E-state index in [9.17, 15) is 0 Å². The van der Waals surface area contributed by atoms with E-state index < -0.39 is 5.41 Å². The molecule has 11 rings (SSSR count). The third-order valence-electron chi connectivity index (χ3n) is 12.3. The molecule has 0 atom stereocenters. The Balaban J connectivity index is 1.15. The molecule has 0 N–H and O–H groups in total. The van der Waals surface area contributed by atoms with E-state index in [0.717, 1.165) is 28.3 Å². The van der Waals surface area contributed by atoms with Gasteiger partial charge in [0.25, 0.3) is 0 Å². The maximum atomic E-state index is 2.44. The van der Waals surface area contributed by atoms with Crippen LogP contribution < -0.4 is 4.90 Å². The van der Waals surface area contributed by atoms with Crippen LogP contribution in [0.5, 0.6) is 0 Å². The fourth-order valence-corrected chi connectivity index (χ4v) is 9.58. The number of hydrogen-bond donors (Lipinski definition) is 0. The maximum absolute atomic E-state index is 2.44. The van der Waals surface area contributed by atoms with Crippen LogP contribution in [-0.2, 0) is 5.41 Å². The van der Waals surface area contributed by atoms with Crippen molar-refractivity contribution in [1.29, 1.82) is 0 Å². The van der Waals surface area contributed by atoms with Gasteiger partial charge in [-0.3, -0.25) is 0 Å². The number of aromatic nitrogens is 1. The predicted octanol–water partition coefficient (Wildman–Crippen LogP) is 15.5. The van der Waals surface area contributed by atoms with E-state index in [2.05, 4.69) is 264 Å². The largest absolute Gasteiger partial charge is 0.310 e. The molecule has 0 aliphatic heterocycles. The Morgan fingerprint density at radius 1 is 0.328 bits per heavy atom. The zero-order valence-electron chi connectivity index (χ0n) is 33.6. The van der Waals surface area contributed by atoms with Gasteiger partial charge in [0.15, 0.2) is 0 Å². The lowest BCUT2D eigenvalue weighted by Crippen LogP contribution is -2.31. The highest BCUT2D eigenvalue weighted by Gasteiger charge is 2.38. The average molecular weight is 779 g/mol. The van der Waals surface area contributed by atoms with Crippen LogP contribution in [0.4, 0.5) is 17.1 Å². The first-order chi connectivity index (χ1) is 30.3. The average Bonchev–Trinajstić information content (AvgIpc) is 3.67. The van der Waals surface area contributed by atoms with Crippen LogP contribution in [-0.4, -0.2) is 4.57 Å². The van der Waals surface area contributed by atoms with E-state index in [1.54, 1.807) is 0 Å². The summed E-state index contributed by atoms with van der Waals surface area (Å²) < 4.78 is 2.38. The van der Waals surface area contributed by atoms with Crippen molar-refractivity contribution in [2.24, 2.45) is 0 Å². The number of anilines is 3. The van der Waals surface area contributed by atoms with Crippen molar-refractivity contribution in [3.05, 3.63) is 277 Å². The molecule has 0 fully saturated rings. The molecule has 0 aliphatic carbocycles.